The van der Waals surface area contributed by atoms with Gasteiger partial charge >= 0.3 is 14.7 Å². The molecule has 0 saturated carbocycles. The van der Waals surface area contributed by atoms with Crippen molar-refractivity contribution in [3.8, 4) is 0 Å². The van der Waals surface area contributed by atoms with Gasteiger partial charge in [-0.25, -0.2) is 4.79 Å². The lowest BCUT2D eigenvalue weighted by molar-refractivity contribution is 0.127. The maximum absolute atomic E-state index is 12.5. The summed E-state index contributed by atoms with van der Waals surface area (Å²) in [6.45, 7) is 22.9. The number of rotatable bonds is 14. The second-order valence-corrected chi connectivity index (χ2v) is 17.7. The fourth-order valence-electron chi connectivity index (χ4n) is 4.29. The van der Waals surface area contributed by atoms with E-state index in [0.717, 1.165) is 25.3 Å². The summed E-state index contributed by atoms with van der Waals surface area (Å²) < 4.78 is 18.3. The fraction of sp³-hybridized carbons (Fsp3) is 0.952. The van der Waals surface area contributed by atoms with E-state index < -0.39 is 16.9 Å². The van der Waals surface area contributed by atoms with Gasteiger partial charge < -0.3 is 18.6 Å². The van der Waals surface area contributed by atoms with E-state index in [1.807, 2.05) is 6.92 Å². The van der Waals surface area contributed by atoms with E-state index in [-0.39, 0.29) is 12.2 Å². The minimum absolute atomic E-state index is 0.234. The molecule has 1 N–H and O–H groups in total. The maximum Gasteiger partial charge on any atom is 0.393 e. The summed E-state index contributed by atoms with van der Waals surface area (Å²) in [5.74, 6) is 0. The second kappa shape index (κ2) is 13.0. The van der Waals surface area contributed by atoms with Crippen LogP contribution in [-0.2, 0) is 13.3 Å². The molecule has 168 valence electrons. The highest BCUT2D eigenvalue weighted by Crippen LogP contribution is 2.42. The van der Waals surface area contributed by atoms with Crippen molar-refractivity contribution in [1.29, 1.82) is 0 Å². The Hall–Kier alpha value is -0.376. The molecule has 0 rings (SSSR count). The lowest BCUT2D eigenvalue weighted by Crippen LogP contribution is -2.51. The smallest absolute Gasteiger partial charge is 0.393 e. The van der Waals surface area contributed by atoms with Crippen molar-refractivity contribution in [3.05, 3.63) is 0 Å². The van der Waals surface area contributed by atoms with Crippen LogP contribution in [0.3, 0.4) is 0 Å². The van der Waals surface area contributed by atoms with Gasteiger partial charge in [-0.3, -0.25) is 0 Å². The van der Waals surface area contributed by atoms with Crippen molar-refractivity contribution in [1.82, 2.24) is 5.32 Å². The van der Waals surface area contributed by atoms with E-state index in [0.29, 0.717) is 29.8 Å². The standard InChI is InChI=1S/C21H47NO4Si2/c1-11-20(9)25-27(10,24-12-2)16-14-13-15-22-21(23)26-28(17(3)4,18(5)6)19(7)8/h17-20H,11-16H2,1-10H3,(H,22,23). The molecule has 0 aromatic carbocycles. The van der Waals surface area contributed by atoms with Gasteiger partial charge in [0.15, 0.2) is 0 Å². The molecule has 0 bridgehead atoms. The summed E-state index contributed by atoms with van der Waals surface area (Å²) in [6.07, 6.45) is 2.88. The number of unbranched alkanes of at least 4 members (excludes halogenated alkanes) is 1. The first-order valence-electron chi connectivity index (χ1n) is 11.2. The van der Waals surface area contributed by atoms with Gasteiger partial charge in [-0.05, 0) is 62.3 Å². The minimum atomic E-state index is -2.17. The van der Waals surface area contributed by atoms with Crippen molar-refractivity contribution in [3.63, 3.8) is 0 Å². The molecule has 0 spiro atoms. The maximum atomic E-state index is 12.5. The van der Waals surface area contributed by atoms with Gasteiger partial charge in [0.25, 0.3) is 8.32 Å². The topological polar surface area (TPSA) is 56.8 Å². The number of carbonyl (C=O) groups is 1. The Bertz CT molecular complexity index is 424. The highest BCUT2D eigenvalue weighted by Gasteiger charge is 2.48. The highest BCUT2D eigenvalue weighted by atomic mass is 28.4. The van der Waals surface area contributed by atoms with Crippen LogP contribution < -0.4 is 5.32 Å². The SMILES string of the molecule is CCO[Si](C)(CCCCNC(=O)O[Si](C(C)C)(C(C)C)C(C)C)OC(C)CC. The molecule has 0 aromatic rings. The second-order valence-electron chi connectivity index (χ2n) is 8.99. The Balaban J connectivity index is 4.54. The summed E-state index contributed by atoms with van der Waals surface area (Å²) in [5.41, 5.74) is 1.19. The van der Waals surface area contributed by atoms with Crippen molar-refractivity contribution in [2.45, 2.75) is 117 Å². The molecule has 0 heterocycles. The van der Waals surface area contributed by atoms with Crippen LogP contribution in [0.25, 0.3) is 0 Å². The lowest BCUT2D eigenvalue weighted by Gasteiger charge is -2.41. The van der Waals surface area contributed by atoms with Crippen molar-refractivity contribution in [2.75, 3.05) is 13.2 Å². The summed E-state index contributed by atoms with van der Waals surface area (Å²) in [4.78, 5) is 12.5. The highest BCUT2D eigenvalue weighted by molar-refractivity contribution is 6.78. The minimum Gasteiger partial charge on any atom is -0.503 e. The van der Waals surface area contributed by atoms with Crippen LogP contribution >= 0.6 is 0 Å². The Morgan fingerprint density at radius 1 is 0.929 bits per heavy atom. The fourth-order valence-corrected chi connectivity index (χ4v) is 12.2. The molecule has 0 aromatic heterocycles. The lowest BCUT2D eigenvalue weighted by atomic mass is 10.3. The molecule has 0 aliphatic rings. The normalized spacial score (nSPS) is 15.8. The summed E-state index contributed by atoms with van der Waals surface area (Å²) >= 11 is 0. The molecule has 5 nitrogen and oxygen atoms in total. The zero-order chi connectivity index (χ0) is 22.0. The predicted octanol–water partition coefficient (Wildman–Crippen LogP) is 6.59. The number of hydrogen-bond donors (Lipinski definition) is 1. The van der Waals surface area contributed by atoms with Crippen molar-refractivity contribution >= 4 is 23.0 Å². The van der Waals surface area contributed by atoms with Gasteiger partial charge in [-0.1, -0.05) is 48.5 Å². The third-order valence-corrected chi connectivity index (χ3v) is 14.8. The van der Waals surface area contributed by atoms with E-state index in [9.17, 15) is 4.79 Å². The molecule has 7 heteroatoms. The van der Waals surface area contributed by atoms with Crippen molar-refractivity contribution < 1.29 is 18.1 Å². The van der Waals surface area contributed by atoms with Crippen LogP contribution in [0.5, 0.6) is 0 Å². The molecular weight excluding hydrogens is 386 g/mol. The van der Waals surface area contributed by atoms with Crippen LogP contribution in [-0.4, -0.2) is 42.2 Å². The molecule has 0 aliphatic heterocycles. The van der Waals surface area contributed by atoms with Crippen LogP contribution in [0, 0.1) is 0 Å². The van der Waals surface area contributed by atoms with E-state index in [1.165, 1.54) is 0 Å². The molecule has 0 fully saturated rings. The van der Waals surface area contributed by atoms with Gasteiger partial charge in [0, 0.05) is 19.3 Å². The zero-order valence-corrected chi connectivity index (χ0v) is 22.2. The zero-order valence-electron chi connectivity index (χ0n) is 20.2. The number of amides is 1. The van der Waals surface area contributed by atoms with Gasteiger partial charge in [0.2, 0.25) is 0 Å². The van der Waals surface area contributed by atoms with E-state index in [4.69, 9.17) is 13.3 Å². The Labute approximate surface area is 176 Å². The monoisotopic (exact) mass is 433 g/mol. The summed E-state index contributed by atoms with van der Waals surface area (Å²) in [6, 6.07) is 0.949. The molecule has 2 atom stereocenters. The number of hydrogen-bond acceptors (Lipinski definition) is 4. The Kier molecular flexibility index (Phi) is 12.9. The predicted molar refractivity (Wildman–Crippen MR) is 124 cm³/mol. The average molecular weight is 434 g/mol. The first-order chi connectivity index (χ1) is 12.9. The van der Waals surface area contributed by atoms with Gasteiger partial charge in [0.1, 0.15) is 0 Å². The Morgan fingerprint density at radius 2 is 1.46 bits per heavy atom. The molecule has 1 amide bonds. The molecule has 28 heavy (non-hydrogen) atoms. The molecule has 0 radical (unpaired) electrons. The first-order valence-corrected chi connectivity index (χ1v) is 15.9. The average Bonchev–Trinajstić information content (AvgIpc) is 2.58. The van der Waals surface area contributed by atoms with E-state index in [2.05, 4.69) is 67.3 Å². The van der Waals surface area contributed by atoms with Gasteiger partial charge in [-0.2, -0.15) is 0 Å². The van der Waals surface area contributed by atoms with Crippen LogP contribution in [0.15, 0.2) is 0 Å². The van der Waals surface area contributed by atoms with Crippen LogP contribution in [0.2, 0.25) is 29.2 Å². The first kappa shape index (κ1) is 27.6. The molecule has 0 saturated heterocycles. The van der Waals surface area contributed by atoms with Crippen molar-refractivity contribution in [2.24, 2.45) is 0 Å². The van der Waals surface area contributed by atoms with E-state index in [1.54, 1.807) is 0 Å². The van der Waals surface area contributed by atoms with Crippen LogP contribution in [0.4, 0.5) is 4.79 Å². The third-order valence-electron chi connectivity index (χ3n) is 5.78. The molecular formula is C21H47NO4Si2. The van der Waals surface area contributed by atoms with Gasteiger partial charge in [0.05, 0.1) is 0 Å². The number of carbonyl (C=O) groups excluding carboxylic acids is 1. The summed E-state index contributed by atoms with van der Waals surface area (Å²) in [5, 5.41) is 2.98. The third kappa shape index (κ3) is 8.55. The largest absolute Gasteiger partial charge is 0.503 e. The quantitative estimate of drug-likeness (QED) is 0.248. The summed E-state index contributed by atoms with van der Waals surface area (Å²) in [7, 11) is -4.30. The van der Waals surface area contributed by atoms with E-state index >= 15 is 0 Å². The molecule has 2 unspecified atom stereocenters. The van der Waals surface area contributed by atoms with Gasteiger partial charge in [-0.15, -0.1) is 0 Å². The molecule has 0 aliphatic carbocycles. The van der Waals surface area contributed by atoms with Crippen LogP contribution in [0.1, 0.15) is 81.6 Å². The number of nitrogens with one attached hydrogen (secondary N) is 1. The Morgan fingerprint density at radius 3 is 1.89 bits per heavy atom.